The van der Waals surface area contributed by atoms with E-state index in [-0.39, 0.29) is 11.2 Å². The first-order valence-electron chi connectivity index (χ1n) is 33.1. The summed E-state index contributed by atoms with van der Waals surface area (Å²) in [5.74, 6) is 0. The predicted octanol–water partition coefficient (Wildman–Crippen LogP) is 25.4. The molecule has 0 spiro atoms. The van der Waals surface area contributed by atoms with Gasteiger partial charge in [-0.2, -0.15) is 0 Å². The van der Waals surface area contributed by atoms with E-state index in [1.807, 2.05) is 12.1 Å². The van der Waals surface area contributed by atoms with Crippen molar-refractivity contribution in [2.24, 2.45) is 0 Å². The molecule has 0 bridgehead atoms. The fraction of sp³-hybridized carbons (Fsp3) is 0.0667. The number of benzene rings is 14. The Hall–Kier alpha value is -9.65. The number of para-hydroxylation sites is 2. The summed E-state index contributed by atoms with van der Waals surface area (Å²) >= 11 is 9.18. The van der Waals surface area contributed by atoms with Gasteiger partial charge in [-0.05, 0) is 237 Å². The van der Waals surface area contributed by atoms with E-state index in [0.717, 1.165) is 36.9 Å². The van der Waals surface area contributed by atoms with Gasteiger partial charge in [0.05, 0.1) is 33.3 Å². The molecular weight excluding hydrogens is 1440 g/mol. The van der Waals surface area contributed by atoms with Gasteiger partial charge in [-0.15, -0.1) is 0 Å². The van der Waals surface area contributed by atoms with Gasteiger partial charge in [0, 0.05) is 45.4 Å². The average molecular weight is 1510 g/mol. The molecule has 1 fully saturated rings. The predicted molar refractivity (Wildman–Crippen MR) is 430 cm³/mol. The molecular formula is C90H68BBr2IN2O2. The van der Waals surface area contributed by atoms with E-state index in [9.17, 15) is 0 Å². The maximum Gasteiger partial charge on any atom is 0.494 e. The monoisotopic (exact) mass is 1500 g/mol. The van der Waals surface area contributed by atoms with Crippen molar-refractivity contribution < 1.29 is 9.31 Å². The molecule has 0 unspecified atom stereocenters. The first kappa shape index (κ1) is 64.4. The Morgan fingerprint density at radius 3 is 0.969 bits per heavy atom. The van der Waals surface area contributed by atoms with E-state index in [2.05, 4.69) is 419 Å². The van der Waals surface area contributed by atoms with Gasteiger partial charge in [0.1, 0.15) is 0 Å². The largest absolute Gasteiger partial charge is 0.494 e. The first-order chi connectivity index (χ1) is 47.8. The number of fused-ring (bicyclic) bond motifs is 6. The van der Waals surface area contributed by atoms with Crippen molar-refractivity contribution in [2.75, 3.05) is 0 Å². The molecule has 0 radical (unpaired) electrons. The molecule has 0 amide bonds. The normalized spacial score (nSPS) is 13.1. The van der Waals surface area contributed by atoms with Crippen molar-refractivity contribution in [3.63, 3.8) is 0 Å². The molecule has 8 heteroatoms. The third-order valence-electron chi connectivity index (χ3n) is 19.1. The molecule has 1 saturated heterocycles. The van der Waals surface area contributed by atoms with Crippen LogP contribution in [0.4, 0.5) is 0 Å². The molecule has 1 aliphatic rings. The summed E-state index contributed by atoms with van der Waals surface area (Å²) in [5.41, 5.74) is 24.0. The average Bonchev–Trinajstić information content (AvgIpc) is 1.64. The fourth-order valence-corrected chi connectivity index (χ4v) is 14.2. The summed E-state index contributed by atoms with van der Waals surface area (Å²) in [6, 6.07) is 122. The fourth-order valence-electron chi connectivity index (χ4n) is 13.3. The van der Waals surface area contributed by atoms with E-state index in [1.165, 1.54) is 114 Å². The van der Waals surface area contributed by atoms with Crippen LogP contribution in [0.25, 0.3) is 133 Å². The summed E-state index contributed by atoms with van der Waals surface area (Å²) in [5, 5.41) is 4.97. The van der Waals surface area contributed by atoms with Crippen LogP contribution in [0.3, 0.4) is 0 Å². The second-order valence-electron chi connectivity index (χ2n) is 25.9. The zero-order chi connectivity index (χ0) is 66.9. The molecule has 0 N–H and O–H groups in total. The molecule has 98 heavy (non-hydrogen) atoms. The number of rotatable bonds is 10. The van der Waals surface area contributed by atoms with E-state index in [1.54, 1.807) is 0 Å². The van der Waals surface area contributed by atoms with Gasteiger partial charge >= 0.3 is 7.12 Å². The first-order valence-corrected chi connectivity index (χ1v) is 35.8. The highest BCUT2D eigenvalue weighted by atomic mass is 127. The van der Waals surface area contributed by atoms with E-state index < -0.39 is 7.12 Å². The second kappa shape index (κ2) is 27.7. The topological polar surface area (TPSA) is 28.3 Å². The third kappa shape index (κ3) is 13.3. The van der Waals surface area contributed by atoms with Crippen molar-refractivity contribution in [3.05, 3.63) is 352 Å². The summed E-state index contributed by atoms with van der Waals surface area (Å²) in [7, 11) is -0.405. The summed E-state index contributed by atoms with van der Waals surface area (Å²) in [6.07, 6.45) is 0. The molecule has 17 rings (SSSR count). The van der Waals surface area contributed by atoms with Crippen molar-refractivity contribution >= 4 is 111 Å². The molecule has 0 aliphatic carbocycles. The van der Waals surface area contributed by atoms with Crippen molar-refractivity contribution in [3.8, 4) is 89.3 Å². The van der Waals surface area contributed by atoms with Crippen LogP contribution < -0.4 is 5.46 Å². The maximum absolute atomic E-state index is 6.40. The van der Waals surface area contributed by atoms with Crippen LogP contribution in [0.1, 0.15) is 27.7 Å². The SMILES string of the molecule is Brc1ccc(-c2cccc(-c3ccc4c5ccccc5n(-c5cc(-c6ccccc6)cc(-c6ccccc6)c5)c4c3)c2)cc1.Brc1ccc(I)cc1.CC1(C)OB(c2cccc(-c3ccc4c5ccccc5n(-c5cc(-c6ccccc6)cc(-c6ccccc6)c5)c4c3)c2)OC1(C)C. The van der Waals surface area contributed by atoms with E-state index in [4.69, 9.17) is 9.31 Å². The Labute approximate surface area is 604 Å². The minimum atomic E-state index is -0.405. The van der Waals surface area contributed by atoms with Gasteiger partial charge in [0.2, 0.25) is 0 Å². The second-order valence-corrected chi connectivity index (χ2v) is 29.0. The zero-order valence-corrected chi connectivity index (χ0v) is 60.1. The van der Waals surface area contributed by atoms with Crippen molar-refractivity contribution in [2.45, 2.75) is 38.9 Å². The molecule has 0 atom stereocenters. The zero-order valence-electron chi connectivity index (χ0n) is 54.8. The lowest BCUT2D eigenvalue weighted by atomic mass is 9.78. The standard InChI is InChI=1S/C42H36BNO2.C42H28BrN.C6H4BrI/c1-41(2)42(3,4)46-43(45-41)35-19-13-18-31(25-35)32-22-23-38-37-20-11-12-21-39(37)44(40(38)28-32)36-26-33(29-14-7-5-8-15-29)24-34(27-36)30-16-9-6-10-17-30;43-37-21-18-31(19-22-37)32-14-9-15-33(24-32)34-20-23-40-39-16-7-8-17-41(39)44(42(40)28-34)38-26-35(29-10-3-1-4-11-29)25-36(27-38)30-12-5-2-6-13-30;7-5-1-3-6(8)4-2-5/h5-28H,1-4H3;1-28H;1-4H. The quantitative estimate of drug-likeness (QED) is 0.101. The molecule has 2 aromatic heterocycles. The Kier molecular flexibility index (Phi) is 18.2. The molecule has 3 heterocycles. The van der Waals surface area contributed by atoms with Gasteiger partial charge in [0.25, 0.3) is 0 Å². The van der Waals surface area contributed by atoms with Crippen molar-refractivity contribution in [1.29, 1.82) is 0 Å². The van der Waals surface area contributed by atoms with Crippen LogP contribution >= 0.6 is 54.5 Å². The summed E-state index contributed by atoms with van der Waals surface area (Å²) in [6.45, 7) is 8.39. The molecule has 4 nitrogen and oxygen atoms in total. The number of nitrogens with zero attached hydrogens (tertiary/aromatic N) is 2. The van der Waals surface area contributed by atoms with Crippen LogP contribution in [0.2, 0.25) is 0 Å². The summed E-state index contributed by atoms with van der Waals surface area (Å²) in [4.78, 5) is 0. The van der Waals surface area contributed by atoms with Gasteiger partial charge in [-0.3, -0.25) is 0 Å². The lowest BCUT2D eigenvalue weighted by Crippen LogP contribution is -2.41. The van der Waals surface area contributed by atoms with Crippen LogP contribution in [0, 0.1) is 3.57 Å². The Balaban J connectivity index is 0.000000144. The molecule has 16 aromatic rings. The summed E-state index contributed by atoms with van der Waals surface area (Å²) < 4.78 is 21.1. The number of hydrogen-bond donors (Lipinski definition) is 0. The minimum absolute atomic E-state index is 0.388. The lowest BCUT2D eigenvalue weighted by Gasteiger charge is -2.32. The number of halogens is 3. The third-order valence-corrected chi connectivity index (χ3v) is 20.8. The molecule has 1 aliphatic heterocycles. The highest BCUT2D eigenvalue weighted by Gasteiger charge is 2.51. The Bertz CT molecular complexity index is 5390. The smallest absolute Gasteiger partial charge is 0.399 e. The van der Waals surface area contributed by atoms with E-state index in [0.29, 0.717) is 0 Å². The van der Waals surface area contributed by atoms with Gasteiger partial charge in [-0.1, -0.05) is 268 Å². The molecule has 0 saturated carbocycles. The van der Waals surface area contributed by atoms with Crippen molar-refractivity contribution in [1.82, 2.24) is 9.13 Å². The molecule has 14 aromatic carbocycles. The van der Waals surface area contributed by atoms with Crippen LogP contribution in [0.15, 0.2) is 349 Å². The Morgan fingerprint density at radius 2 is 0.561 bits per heavy atom. The minimum Gasteiger partial charge on any atom is -0.399 e. The van der Waals surface area contributed by atoms with E-state index >= 15 is 0 Å². The van der Waals surface area contributed by atoms with Crippen LogP contribution in [-0.2, 0) is 9.31 Å². The Morgan fingerprint density at radius 1 is 0.265 bits per heavy atom. The van der Waals surface area contributed by atoms with Crippen LogP contribution in [-0.4, -0.2) is 27.5 Å². The number of hydrogen-bond acceptors (Lipinski definition) is 2. The number of aromatic nitrogens is 2. The highest BCUT2D eigenvalue weighted by Crippen LogP contribution is 2.42. The lowest BCUT2D eigenvalue weighted by molar-refractivity contribution is 0.00578. The van der Waals surface area contributed by atoms with Crippen LogP contribution in [0.5, 0.6) is 0 Å². The van der Waals surface area contributed by atoms with Gasteiger partial charge in [-0.25, -0.2) is 0 Å². The molecule has 474 valence electrons. The van der Waals surface area contributed by atoms with Gasteiger partial charge in [0.15, 0.2) is 0 Å². The maximum atomic E-state index is 6.40. The highest BCUT2D eigenvalue weighted by molar-refractivity contribution is 14.1. The van der Waals surface area contributed by atoms with Gasteiger partial charge < -0.3 is 18.4 Å².